The quantitative estimate of drug-likeness (QED) is 0.368. The molecular formula is C26H26N4OS. The van der Waals surface area contributed by atoms with Crippen molar-refractivity contribution in [2.75, 3.05) is 0 Å². The molecule has 1 aliphatic rings. The Labute approximate surface area is 192 Å². The lowest BCUT2D eigenvalue weighted by molar-refractivity contribution is 0.0962. The summed E-state index contributed by atoms with van der Waals surface area (Å²) in [5.41, 5.74) is 6.59. The zero-order valence-corrected chi connectivity index (χ0v) is 19.4. The maximum atomic E-state index is 12.9. The predicted octanol–water partition coefficient (Wildman–Crippen LogP) is 5.76. The van der Waals surface area contributed by atoms with Gasteiger partial charge in [0, 0.05) is 18.4 Å². The van der Waals surface area contributed by atoms with Crippen molar-refractivity contribution in [1.82, 2.24) is 19.6 Å². The van der Waals surface area contributed by atoms with Gasteiger partial charge in [0.05, 0.1) is 11.3 Å². The van der Waals surface area contributed by atoms with Crippen molar-refractivity contribution < 1.29 is 4.79 Å². The van der Waals surface area contributed by atoms with Crippen LogP contribution in [0.5, 0.6) is 0 Å². The van der Waals surface area contributed by atoms with E-state index in [0.29, 0.717) is 28.8 Å². The highest BCUT2D eigenvalue weighted by Gasteiger charge is 2.29. The third kappa shape index (κ3) is 4.07. The van der Waals surface area contributed by atoms with E-state index >= 15 is 0 Å². The van der Waals surface area contributed by atoms with Gasteiger partial charge in [-0.05, 0) is 41.9 Å². The summed E-state index contributed by atoms with van der Waals surface area (Å²) in [6.07, 6.45) is 2.94. The third-order valence-electron chi connectivity index (χ3n) is 6.14. The Morgan fingerprint density at radius 3 is 2.69 bits per heavy atom. The molecule has 162 valence electrons. The summed E-state index contributed by atoms with van der Waals surface area (Å²) in [5.74, 6) is 2.12. The van der Waals surface area contributed by atoms with Crippen LogP contribution < -0.4 is 0 Å². The largest absolute Gasteiger partial charge is 0.294 e. The second kappa shape index (κ2) is 8.51. The molecule has 6 heteroatoms. The molecule has 1 aliphatic carbocycles. The number of fused-ring (bicyclic) bond motifs is 3. The Bertz CT molecular complexity index is 1290. The summed E-state index contributed by atoms with van der Waals surface area (Å²) in [4.78, 5) is 22.0. The first-order chi connectivity index (χ1) is 15.5. The fourth-order valence-electron chi connectivity index (χ4n) is 4.33. The molecule has 2 aromatic carbocycles. The van der Waals surface area contributed by atoms with Gasteiger partial charge >= 0.3 is 0 Å². The number of nitrogens with zero attached hydrogens (tertiary/aromatic N) is 4. The van der Waals surface area contributed by atoms with Crippen molar-refractivity contribution in [3.05, 3.63) is 88.2 Å². The van der Waals surface area contributed by atoms with Gasteiger partial charge in [0.15, 0.2) is 5.78 Å². The van der Waals surface area contributed by atoms with Crippen molar-refractivity contribution in [1.29, 1.82) is 0 Å². The summed E-state index contributed by atoms with van der Waals surface area (Å²) in [7, 11) is 0. The molecule has 5 rings (SSSR count). The average molecular weight is 443 g/mol. The monoisotopic (exact) mass is 442 g/mol. The molecule has 0 amide bonds. The van der Waals surface area contributed by atoms with Crippen molar-refractivity contribution in [3.8, 4) is 0 Å². The van der Waals surface area contributed by atoms with Crippen LogP contribution in [0.15, 0.2) is 59.9 Å². The molecule has 0 aliphatic heterocycles. The van der Waals surface area contributed by atoms with Gasteiger partial charge in [-0.3, -0.25) is 4.79 Å². The molecule has 0 spiro atoms. The molecule has 1 atom stereocenters. The molecule has 4 aromatic rings. The Balaban J connectivity index is 1.42. The number of ketones is 1. The van der Waals surface area contributed by atoms with Crippen molar-refractivity contribution in [3.63, 3.8) is 0 Å². The molecule has 32 heavy (non-hydrogen) atoms. The van der Waals surface area contributed by atoms with Crippen LogP contribution in [0.2, 0.25) is 0 Å². The number of benzene rings is 2. The first-order valence-electron chi connectivity index (χ1n) is 11.0. The van der Waals surface area contributed by atoms with E-state index in [1.807, 2.05) is 0 Å². The number of hydrogen-bond acceptors (Lipinski definition) is 5. The number of aryl methyl sites for hydroxylation is 1. The molecule has 0 N–H and O–H groups in total. The fraction of sp³-hybridized carbons (Fsp3) is 0.308. The van der Waals surface area contributed by atoms with Gasteiger partial charge in [0.1, 0.15) is 0 Å². The maximum Gasteiger partial charge on any atom is 0.253 e. The van der Waals surface area contributed by atoms with E-state index < -0.39 is 0 Å². The lowest BCUT2D eigenvalue weighted by atomic mass is 9.81. The number of thioether (sulfide) groups is 1. The number of aromatic nitrogens is 4. The molecule has 0 fully saturated rings. The predicted molar refractivity (Wildman–Crippen MR) is 127 cm³/mol. The number of hydrogen-bond donors (Lipinski definition) is 0. The Morgan fingerprint density at radius 1 is 1.12 bits per heavy atom. The van der Waals surface area contributed by atoms with Gasteiger partial charge in [-0.1, -0.05) is 79.7 Å². The summed E-state index contributed by atoms with van der Waals surface area (Å²) < 4.78 is 1.78. The zero-order chi connectivity index (χ0) is 22.2. The minimum absolute atomic E-state index is 0.128. The molecule has 5 nitrogen and oxygen atoms in total. The summed E-state index contributed by atoms with van der Waals surface area (Å²) in [6, 6.07) is 17.1. The van der Waals surface area contributed by atoms with Crippen LogP contribution in [-0.4, -0.2) is 25.4 Å². The highest BCUT2D eigenvalue weighted by Crippen LogP contribution is 2.33. The SMILES string of the molecule is Cc1cccc(CSc2nc3ncc4c(n3n2)CC(c2ccc(C(C)C)cc2)CC4=O)c1. The van der Waals surface area contributed by atoms with Crippen LogP contribution in [-0.2, 0) is 12.2 Å². The summed E-state index contributed by atoms with van der Waals surface area (Å²) in [6.45, 7) is 6.48. The first-order valence-corrected chi connectivity index (χ1v) is 12.0. The molecule has 0 bridgehead atoms. The maximum absolute atomic E-state index is 12.9. The van der Waals surface area contributed by atoms with E-state index in [9.17, 15) is 4.79 Å². The van der Waals surface area contributed by atoms with E-state index in [1.165, 1.54) is 22.3 Å². The highest BCUT2D eigenvalue weighted by atomic mass is 32.2. The van der Waals surface area contributed by atoms with E-state index in [2.05, 4.69) is 79.3 Å². The van der Waals surface area contributed by atoms with Gasteiger partial charge in [0.25, 0.3) is 5.78 Å². The van der Waals surface area contributed by atoms with Gasteiger partial charge in [-0.25, -0.2) is 4.98 Å². The first kappa shape index (κ1) is 20.9. The van der Waals surface area contributed by atoms with Gasteiger partial charge in [-0.15, -0.1) is 5.10 Å². The molecule has 0 radical (unpaired) electrons. The lowest BCUT2D eigenvalue weighted by Gasteiger charge is -2.24. The summed E-state index contributed by atoms with van der Waals surface area (Å²) in [5, 5.41) is 5.40. The van der Waals surface area contributed by atoms with Gasteiger partial charge in [0.2, 0.25) is 5.16 Å². The van der Waals surface area contributed by atoms with E-state index in [1.54, 1.807) is 22.5 Å². The Kier molecular flexibility index (Phi) is 5.55. The van der Waals surface area contributed by atoms with Crippen LogP contribution >= 0.6 is 11.8 Å². The van der Waals surface area contributed by atoms with Gasteiger partial charge in [-0.2, -0.15) is 9.50 Å². The number of carbonyl (C=O) groups is 1. The molecule has 0 saturated heterocycles. The topological polar surface area (TPSA) is 60.1 Å². The van der Waals surface area contributed by atoms with Crippen LogP contribution in [0.3, 0.4) is 0 Å². The summed E-state index contributed by atoms with van der Waals surface area (Å²) >= 11 is 1.59. The van der Waals surface area contributed by atoms with Crippen LogP contribution in [0.4, 0.5) is 0 Å². The fourth-order valence-corrected chi connectivity index (χ4v) is 5.09. The van der Waals surface area contributed by atoms with Gasteiger partial charge < -0.3 is 0 Å². The number of rotatable bonds is 5. The van der Waals surface area contributed by atoms with E-state index in [0.717, 1.165) is 17.9 Å². The van der Waals surface area contributed by atoms with E-state index in [4.69, 9.17) is 5.10 Å². The second-order valence-corrected chi connectivity index (χ2v) is 9.79. The average Bonchev–Trinajstić information content (AvgIpc) is 3.21. The molecule has 2 aromatic heterocycles. The smallest absolute Gasteiger partial charge is 0.253 e. The van der Waals surface area contributed by atoms with Crippen molar-refractivity contribution >= 4 is 23.3 Å². The molecule has 1 unspecified atom stereocenters. The highest BCUT2D eigenvalue weighted by molar-refractivity contribution is 7.98. The van der Waals surface area contributed by atoms with Crippen molar-refractivity contribution in [2.24, 2.45) is 0 Å². The van der Waals surface area contributed by atoms with Crippen LogP contribution in [0.1, 0.15) is 70.4 Å². The Hall–Kier alpha value is -2.99. The normalized spacial score (nSPS) is 16.0. The van der Waals surface area contributed by atoms with Crippen LogP contribution in [0, 0.1) is 6.92 Å². The zero-order valence-electron chi connectivity index (χ0n) is 18.6. The molecule has 0 saturated carbocycles. The number of carbonyl (C=O) groups excluding carboxylic acids is 1. The lowest BCUT2D eigenvalue weighted by Crippen LogP contribution is -2.22. The van der Waals surface area contributed by atoms with Crippen molar-refractivity contribution in [2.45, 2.75) is 56.4 Å². The minimum Gasteiger partial charge on any atom is -0.294 e. The molecular weight excluding hydrogens is 416 g/mol. The Morgan fingerprint density at radius 2 is 1.94 bits per heavy atom. The molecule has 2 heterocycles. The standard InChI is InChI=1S/C26H26N4OS/c1-16(2)19-7-9-20(10-8-19)21-12-23-22(24(31)13-21)14-27-25-28-26(29-30(23)25)32-15-18-6-4-5-17(3)11-18/h4-11,14,16,21H,12-13,15H2,1-3H3. The minimum atomic E-state index is 0.128. The third-order valence-corrected chi connectivity index (χ3v) is 7.05. The van der Waals surface area contributed by atoms with Crippen LogP contribution in [0.25, 0.3) is 5.78 Å². The second-order valence-electron chi connectivity index (χ2n) is 8.85. The van der Waals surface area contributed by atoms with E-state index in [-0.39, 0.29) is 11.7 Å². The number of Topliss-reactive ketones (excluding diaryl/α,β-unsaturated/α-hetero) is 1.